The number of aromatic hydroxyl groups is 1. The van der Waals surface area contributed by atoms with Crippen LogP contribution in [0.2, 0.25) is 0 Å². The number of nitrogens with one attached hydrogen (secondary N) is 2. The van der Waals surface area contributed by atoms with E-state index in [0.717, 1.165) is 22.5 Å². The van der Waals surface area contributed by atoms with Crippen LogP contribution < -0.4 is 21.2 Å². The molecule has 14 heteroatoms. The highest BCUT2D eigenvalue weighted by Gasteiger charge is 2.25. The molecule has 1 aliphatic rings. The molecule has 41 heavy (non-hydrogen) atoms. The van der Waals surface area contributed by atoms with Gasteiger partial charge in [0.2, 0.25) is 11.3 Å². The molecule has 0 unspecified atom stereocenters. The van der Waals surface area contributed by atoms with E-state index in [2.05, 4.69) is 20.9 Å². The number of hydrogen-bond donors (Lipinski definition) is 4. The number of pyridine rings is 1. The highest BCUT2D eigenvalue weighted by atomic mass is 32.1. The first-order chi connectivity index (χ1) is 19.6. The molecule has 0 radical (unpaired) electrons. The number of aromatic carboxylic acids is 1. The molecular formula is C27H28FN7O5S. The lowest BCUT2D eigenvalue weighted by atomic mass is 10.1. The Bertz CT molecular complexity index is 1760. The number of anilines is 2. The Kier molecular flexibility index (Phi) is 7.60. The number of carboxylic acids is 1. The number of piperazine rings is 1. The molecule has 1 saturated heterocycles. The minimum Gasteiger partial charge on any atom is -0.493 e. The standard InChI is InChI=1S/C27H28FN7O5S/c1-3-33-13-18(26(38)39)24(36)17-11-19(28)22(12-21(17)33)34-8-6-32(7-9-34)14-35-20-5-4-15(2)10-16(20)23(25(35)37)29-30-27(41)31-40/h4-5,10-13,29,37H,3,6-9,14H2,1-2H3,(H,30,41)(H,38,39). The van der Waals surface area contributed by atoms with Gasteiger partial charge >= 0.3 is 5.97 Å². The summed E-state index contributed by atoms with van der Waals surface area (Å²) in [5.41, 5.74) is 7.09. The topological polar surface area (TPSA) is 144 Å². The van der Waals surface area contributed by atoms with Gasteiger partial charge in [0.05, 0.1) is 23.4 Å². The van der Waals surface area contributed by atoms with E-state index in [9.17, 15) is 24.7 Å². The highest BCUT2D eigenvalue weighted by molar-refractivity contribution is 7.80. The maximum Gasteiger partial charge on any atom is 0.341 e. The number of carbonyl (C=O) groups is 1. The van der Waals surface area contributed by atoms with Crippen molar-refractivity contribution in [2.45, 2.75) is 27.1 Å². The van der Waals surface area contributed by atoms with Crippen LogP contribution in [0.3, 0.4) is 0 Å². The van der Waals surface area contributed by atoms with E-state index in [-0.39, 0.29) is 16.4 Å². The zero-order valence-electron chi connectivity index (χ0n) is 22.3. The van der Waals surface area contributed by atoms with Gasteiger partial charge in [-0.1, -0.05) is 11.6 Å². The maximum atomic E-state index is 15.3. The lowest BCUT2D eigenvalue weighted by molar-refractivity contribution is 0.0695. The number of rotatable bonds is 7. The van der Waals surface area contributed by atoms with Gasteiger partial charge in [0, 0.05) is 54.9 Å². The van der Waals surface area contributed by atoms with Crippen LogP contribution in [0.25, 0.3) is 21.8 Å². The van der Waals surface area contributed by atoms with Gasteiger partial charge in [-0.15, -0.1) is 4.91 Å². The van der Waals surface area contributed by atoms with Gasteiger partial charge in [-0.25, -0.2) is 9.18 Å². The Hall–Kier alpha value is -4.56. The van der Waals surface area contributed by atoms with Gasteiger partial charge in [-0.2, -0.15) is 0 Å². The van der Waals surface area contributed by atoms with E-state index in [0.29, 0.717) is 56.3 Å². The van der Waals surface area contributed by atoms with Crippen molar-refractivity contribution in [3.05, 3.63) is 68.6 Å². The fourth-order valence-electron chi connectivity index (χ4n) is 5.25. The summed E-state index contributed by atoms with van der Waals surface area (Å²) in [7, 11) is 0. The van der Waals surface area contributed by atoms with Crippen molar-refractivity contribution in [1.29, 1.82) is 0 Å². The molecule has 0 bridgehead atoms. The molecule has 0 amide bonds. The van der Waals surface area contributed by atoms with Gasteiger partial charge in [-0.05, 0) is 50.3 Å². The number of benzene rings is 2. The molecule has 5 rings (SSSR count). The molecule has 1 fully saturated rings. The van der Waals surface area contributed by atoms with Crippen molar-refractivity contribution < 1.29 is 19.4 Å². The molecule has 2 aromatic carbocycles. The Balaban J connectivity index is 1.38. The summed E-state index contributed by atoms with van der Waals surface area (Å²) < 4.78 is 18.7. The van der Waals surface area contributed by atoms with Crippen molar-refractivity contribution >= 4 is 56.5 Å². The van der Waals surface area contributed by atoms with Crippen LogP contribution in [0.5, 0.6) is 5.88 Å². The molecule has 0 aliphatic carbocycles. The van der Waals surface area contributed by atoms with Crippen LogP contribution in [-0.2, 0) is 13.2 Å². The minimum atomic E-state index is -1.35. The molecule has 0 spiro atoms. The second kappa shape index (κ2) is 11.1. The summed E-state index contributed by atoms with van der Waals surface area (Å²) >= 11 is 4.79. The number of fused-ring (bicyclic) bond motifs is 2. The van der Waals surface area contributed by atoms with Crippen LogP contribution >= 0.6 is 12.2 Å². The zero-order chi connectivity index (χ0) is 29.4. The van der Waals surface area contributed by atoms with Crippen LogP contribution in [0.1, 0.15) is 22.8 Å². The fraction of sp³-hybridized carbons (Fsp3) is 0.296. The fourth-order valence-corrected chi connectivity index (χ4v) is 5.30. The largest absolute Gasteiger partial charge is 0.493 e. The van der Waals surface area contributed by atoms with E-state index in [1.807, 2.05) is 36.9 Å². The average Bonchev–Trinajstić information content (AvgIpc) is 3.21. The third-order valence-electron chi connectivity index (χ3n) is 7.34. The molecule has 0 atom stereocenters. The Morgan fingerprint density at radius 1 is 1.12 bits per heavy atom. The summed E-state index contributed by atoms with van der Waals surface area (Å²) in [5, 5.41) is 23.6. The van der Waals surface area contributed by atoms with Gasteiger partial charge < -0.3 is 19.7 Å². The number of aromatic nitrogens is 2. The number of carboxylic acid groups (broad SMARTS) is 1. The molecule has 0 saturated carbocycles. The number of hydrazine groups is 1. The normalized spacial score (nSPS) is 14.0. The molecule has 3 heterocycles. The van der Waals surface area contributed by atoms with Crippen molar-refractivity contribution in [1.82, 2.24) is 19.5 Å². The molecule has 2 aromatic heterocycles. The minimum absolute atomic E-state index is 0.0282. The first-order valence-corrected chi connectivity index (χ1v) is 13.3. The molecular weight excluding hydrogens is 553 g/mol. The number of hydrogen-bond acceptors (Lipinski definition) is 8. The SMILES string of the molecule is CCn1cc(C(=O)O)c(=O)c2cc(F)c(N3CCN(Cn4c(O)c(NNC(=S)N=O)c5cc(C)ccc54)CC3)cc21. The summed E-state index contributed by atoms with van der Waals surface area (Å²) in [6.45, 7) is 6.59. The van der Waals surface area contributed by atoms with E-state index in [1.54, 1.807) is 15.2 Å². The zero-order valence-corrected chi connectivity index (χ0v) is 23.2. The Labute approximate surface area is 238 Å². The van der Waals surface area contributed by atoms with Crippen molar-refractivity contribution in [3.8, 4) is 5.88 Å². The lowest BCUT2D eigenvalue weighted by Gasteiger charge is -2.36. The number of nitroso groups, excluding NO2 is 1. The number of halogens is 1. The summed E-state index contributed by atoms with van der Waals surface area (Å²) in [5.74, 6) is -1.99. The monoisotopic (exact) mass is 581 g/mol. The molecule has 4 N–H and O–H groups in total. The van der Waals surface area contributed by atoms with E-state index < -0.39 is 22.8 Å². The summed E-state index contributed by atoms with van der Waals surface area (Å²) in [6, 6.07) is 8.47. The van der Waals surface area contributed by atoms with Gasteiger partial charge in [-0.3, -0.25) is 25.1 Å². The van der Waals surface area contributed by atoms with Crippen molar-refractivity contribution in [2.24, 2.45) is 5.18 Å². The van der Waals surface area contributed by atoms with Gasteiger partial charge in [0.15, 0.2) is 0 Å². The second-order valence-electron chi connectivity index (χ2n) is 9.82. The Morgan fingerprint density at radius 3 is 2.51 bits per heavy atom. The quantitative estimate of drug-likeness (QED) is 0.145. The predicted molar refractivity (Wildman–Crippen MR) is 158 cm³/mol. The smallest absolute Gasteiger partial charge is 0.341 e. The summed E-state index contributed by atoms with van der Waals surface area (Å²) in [4.78, 5) is 38.9. The average molecular weight is 582 g/mol. The van der Waals surface area contributed by atoms with E-state index in [1.165, 1.54) is 6.20 Å². The lowest BCUT2D eigenvalue weighted by Crippen LogP contribution is -2.47. The second-order valence-corrected chi connectivity index (χ2v) is 10.2. The van der Waals surface area contributed by atoms with E-state index in [4.69, 9.17) is 12.2 Å². The van der Waals surface area contributed by atoms with Crippen LogP contribution in [0.15, 0.2) is 46.5 Å². The first-order valence-electron chi connectivity index (χ1n) is 12.9. The first kappa shape index (κ1) is 28.0. The number of aryl methyl sites for hydroxylation is 2. The Morgan fingerprint density at radius 2 is 1.85 bits per heavy atom. The third-order valence-corrected chi connectivity index (χ3v) is 7.52. The molecule has 1 aliphatic heterocycles. The predicted octanol–water partition coefficient (Wildman–Crippen LogP) is 3.57. The highest BCUT2D eigenvalue weighted by Crippen LogP contribution is 2.37. The van der Waals surface area contributed by atoms with Crippen molar-refractivity contribution in [3.63, 3.8) is 0 Å². The molecule has 12 nitrogen and oxygen atoms in total. The number of nitrogens with zero attached hydrogens (tertiary/aromatic N) is 5. The summed E-state index contributed by atoms with van der Waals surface area (Å²) in [6.07, 6.45) is 1.30. The van der Waals surface area contributed by atoms with E-state index >= 15 is 4.39 Å². The van der Waals surface area contributed by atoms with Crippen LogP contribution in [-0.4, -0.2) is 61.5 Å². The van der Waals surface area contributed by atoms with Gasteiger partial charge in [0.1, 0.15) is 17.1 Å². The third kappa shape index (κ3) is 5.18. The van der Waals surface area contributed by atoms with Gasteiger partial charge in [0.25, 0.3) is 5.11 Å². The van der Waals surface area contributed by atoms with Crippen LogP contribution in [0.4, 0.5) is 15.8 Å². The van der Waals surface area contributed by atoms with Crippen molar-refractivity contribution in [2.75, 3.05) is 36.5 Å². The molecule has 4 aromatic rings. The molecule has 214 valence electrons. The maximum absolute atomic E-state index is 15.3. The number of thiocarbonyl (C=S) groups is 1. The van der Waals surface area contributed by atoms with Crippen LogP contribution in [0, 0.1) is 17.6 Å².